The number of rotatable bonds is 4. The van der Waals surface area contributed by atoms with Crippen LogP contribution < -0.4 is 5.32 Å². The maximum Gasteiger partial charge on any atom is 0.416 e. The van der Waals surface area contributed by atoms with E-state index in [1.165, 1.54) is 23.8 Å². The molecule has 2 aromatic rings. The van der Waals surface area contributed by atoms with Gasteiger partial charge >= 0.3 is 6.18 Å². The van der Waals surface area contributed by atoms with Crippen LogP contribution in [0.25, 0.3) is 0 Å². The van der Waals surface area contributed by atoms with Crippen LogP contribution in [0.2, 0.25) is 0 Å². The minimum atomic E-state index is -4.46. The first-order valence-electron chi connectivity index (χ1n) is 8.08. The van der Waals surface area contributed by atoms with E-state index in [9.17, 15) is 18.0 Å². The lowest BCUT2D eigenvalue weighted by molar-refractivity contribution is -0.138. The molecule has 0 heterocycles. The molecule has 2 aromatic carbocycles. The molecule has 0 spiro atoms. The Morgan fingerprint density at radius 1 is 0.960 bits per heavy atom. The monoisotopic (exact) mass is 349 g/mol. The predicted molar refractivity (Wildman–Crippen MR) is 92.1 cm³/mol. The number of hydrogen-bond acceptors (Lipinski definition) is 1. The summed E-state index contributed by atoms with van der Waals surface area (Å²) in [6.07, 6.45) is -4.75. The van der Waals surface area contributed by atoms with Crippen LogP contribution in [0.4, 0.5) is 13.2 Å². The molecule has 0 aromatic heterocycles. The maximum atomic E-state index is 13.0. The first-order chi connectivity index (χ1) is 11.6. The number of nitrogens with one attached hydrogen (secondary N) is 1. The van der Waals surface area contributed by atoms with E-state index in [1.54, 1.807) is 0 Å². The first-order valence-corrected chi connectivity index (χ1v) is 8.08. The van der Waals surface area contributed by atoms with Gasteiger partial charge in [0, 0.05) is 6.54 Å². The number of alkyl halides is 3. The van der Waals surface area contributed by atoms with Crippen molar-refractivity contribution in [2.24, 2.45) is 0 Å². The molecule has 0 saturated heterocycles. The summed E-state index contributed by atoms with van der Waals surface area (Å²) in [6, 6.07) is 13.0. The summed E-state index contributed by atoms with van der Waals surface area (Å²) in [7, 11) is 0. The van der Waals surface area contributed by atoms with Gasteiger partial charge in [-0.2, -0.15) is 13.2 Å². The average molecular weight is 349 g/mol. The van der Waals surface area contributed by atoms with Crippen LogP contribution in [-0.2, 0) is 29.4 Å². The molecule has 2 rings (SSSR count). The third-order valence-electron chi connectivity index (χ3n) is 3.98. The average Bonchev–Trinajstić information content (AvgIpc) is 2.52. The van der Waals surface area contributed by atoms with E-state index in [1.807, 2.05) is 24.3 Å². The topological polar surface area (TPSA) is 29.1 Å². The zero-order valence-electron chi connectivity index (χ0n) is 14.6. The minimum absolute atomic E-state index is 0.0180. The summed E-state index contributed by atoms with van der Waals surface area (Å²) >= 11 is 0. The molecule has 0 bridgehead atoms. The second kappa shape index (κ2) is 7.30. The van der Waals surface area contributed by atoms with Crippen molar-refractivity contribution in [1.29, 1.82) is 0 Å². The SMILES string of the molecule is CC(C)(C)c1ccc(CNC(=O)Cc2ccccc2C(F)(F)F)cc1. The largest absolute Gasteiger partial charge is 0.416 e. The highest BCUT2D eigenvalue weighted by Crippen LogP contribution is 2.32. The Hall–Kier alpha value is -2.30. The van der Waals surface area contributed by atoms with Crippen molar-refractivity contribution in [1.82, 2.24) is 5.32 Å². The van der Waals surface area contributed by atoms with Crippen LogP contribution in [0.1, 0.15) is 43.0 Å². The number of carbonyl (C=O) groups excluding carboxylic acids is 1. The second-order valence-corrected chi connectivity index (χ2v) is 7.06. The van der Waals surface area contributed by atoms with Gasteiger partial charge in [0.25, 0.3) is 0 Å². The third kappa shape index (κ3) is 5.34. The normalized spacial score (nSPS) is 12.1. The van der Waals surface area contributed by atoms with E-state index in [0.717, 1.165) is 11.6 Å². The molecule has 0 unspecified atom stereocenters. The number of carbonyl (C=O) groups is 1. The molecular formula is C20H22F3NO. The molecule has 0 aliphatic heterocycles. The van der Waals surface area contributed by atoms with E-state index in [-0.39, 0.29) is 23.9 Å². The summed E-state index contributed by atoms with van der Waals surface area (Å²) in [5.41, 5.74) is 1.35. The number of hydrogen-bond donors (Lipinski definition) is 1. The highest BCUT2D eigenvalue weighted by molar-refractivity contribution is 5.79. The van der Waals surface area contributed by atoms with Gasteiger partial charge < -0.3 is 5.32 Å². The number of amides is 1. The molecule has 2 nitrogen and oxygen atoms in total. The molecule has 1 N–H and O–H groups in total. The minimum Gasteiger partial charge on any atom is -0.352 e. The van der Waals surface area contributed by atoms with E-state index in [4.69, 9.17) is 0 Å². The fraction of sp³-hybridized carbons (Fsp3) is 0.350. The van der Waals surface area contributed by atoms with Gasteiger partial charge in [0.05, 0.1) is 12.0 Å². The summed E-state index contributed by atoms with van der Waals surface area (Å²) in [5, 5.41) is 2.68. The van der Waals surface area contributed by atoms with Gasteiger partial charge in [0.2, 0.25) is 5.91 Å². The van der Waals surface area contributed by atoms with E-state index >= 15 is 0 Å². The summed E-state index contributed by atoms with van der Waals surface area (Å²) in [6.45, 7) is 6.63. The molecule has 0 aliphatic rings. The van der Waals surface area contributed by atoms with Crippen LogP contribution in [-0.4, -0.2) is 5.91 Å². The molecule has 134 valence electrons. The third-order valence-corrected chi connectivity index (χ3v) is 3.98. The zero-order valence-corrected chi connectivity index (χ0v) is 14.6. The Balaban J connectivity index is 1.98. The lowest BCUT2D eigenvalue weighted by atomic mass is 9.87. The Morgan fingerprint density at radius 3 is 2.12 bits per heavy atom. The smallest absolute Gasteiger partial charge is 0.352 e. The van der Waals surface area contributed by atoms with Gasteiger partial charge in [0.1, 0.15) is 0 Å². The first kappa shape index (κ1) is 19.0. The molecule has 5 heteroatoms. The lowest BCUT2D eigenvalue weighted by Gasteiger charge is -2.19. The van der Waals surface area contributed by atoms with Gasteiger partial charge in [0.15, 0.2) is 0 Å². The van der Waals surface area contributed by atoms with Gasteiger partial charge in [-0.3, -0.25) is 4.79 Å². The zero-order chi connectivity index (χ0) is 18.7. The van der Waals surface area contributed by atoms with E-state index in [2.05, 4.69) is 26.1 Å². The van der Waals surface area contributed by atoms with Crippen molar-refractivity contribution in [3.05, 3.63) is 70.8 Å². The maximum absolute atomic E-state index is 13.0. The van der Waals surface area contributed by atoms with Crippen LogP contribution in [0, 0.1) is 0 Å². The van der Waals surface area contributed by atoms with Crippen LogP contribution in [0.5, 0.6) is 0 Å². The van der Waals surface area contributed by atoms with Crippen molar-refractivity contribution >= 4 is 5.91 Å². The molecule has 0 radical (unpaired) electrons. The molecular weight excluding hydrogens is 327 g/mol. The van der Waals surface area contributed by atoms with Gasteiger partial charge in [-0.1, -0.05) is 63.2 Å². The standard InChI is InChI=1S/C20H22F3NO/c1-19(2,3)16-10-8-14(9-11-16)13-24-18(25)12-15-6-4-5-7-17(15)20(21,22)23/h4-11H,12-13H2,1-3H3,(H,24,25). The molecule has 0 saturated carbocycles. The van der Waals surface area contributed by atoms with Crippen molar-refractivity contribution in [3.8, 4) is 0 Å². The quantitative estimate of drug-likeness (QED) is 0.839. The molecule has 25 heavy (non-hydrogen) atoms. The van der Waals surface area contributed by atoms with Gasteiger partial charge in [-0.25, -0.2) is 0 Å². The van der Waals surface area contributed by atoms with Crippen molar-refractivity contribution in [2.45, 2.75) is 45.3 Å². The Labute approximate surface area is 146 Å². The van der Waals surface area contributed by atoms with Crippen molar-refractivity contribution < 1.29 is 18.0 Å². The highest BCUT2D eigenvalue weighted by Gasteiger charge is 2.33. The lowest BCUT2D eigenvalue weighted by Crippen LogP contribution is -2.25. The highest BCUT2D eigenvalue weighted by atomic mass is 19.4. The van der Waals surface area contributed by atoms with Gasteiger partial charge in [-0.05, 0) is 28.2 Å². The van der Waals surface area contributed by atoms with Crippen molar-refractivity contribution in [2.75, 3.05) is 0 Å². The molecule has 0 fully saturated rings. The van der Waals surface area contributed by atoms with E-state index < -0.39 is 17.6 Å². The summed E-state index contributed by atoms with van der Waals surface area (Å²) in [5.74, 6) is -0.434. The van der Waals surface area contributed by atoms with E-state index in [0.29, 0.717) is 0 Å². The van der Waals surface area contributed by atoms with Gasteiger partial charge in [-0.15, -0.1) is 0 Å². The van der Waals surface area contributed by atoms with Crippen LogP contribution in [0.3, 0.4) is 0 Å². The Morgan fingerprint density at radius 2 is 1.56 bits per heavy atom. The summed E-state index contributed by atoms with van der Waals surface area (Å²) < 4.78 is 38.9. The Kier molecular flexibility index (Phi) is 5.55. The van der Waals surface area contributed by atoms with Crippen LogP contribution >= 0.6 is 0 Å². The Bertz CT molecular complexity index is 728. The fourth-order valence-electron chi connectivity index (χ4n) is 2.51. The molecule has 0 aliphatic carbocycles. The fourth-order valence-corrected chi connectivity index (χ4v) is 2.51. The molecule has 0 atom stereocenters. The number of halogens is 3. The van der Waals surface area contributed by atoms with Crippen LogP contribution in [0.15, 0.2) is 48.5 Å². The predicted octanol–water partition coefficient (Wildman–Crippen LogP) is 4.86. The summed E-state index contributed by atoms with van der Waals surface area (Å²) in [4.78, 5) is 12.0. The van der Waals surface area contributed by atoms with Crippen molar-refractivity contribution in [3.63, 3.8) is 0 Å². The molecule has 1 amide bonds. The number of benzene rings is 2. The second-order valence-electron chi connectivity index (χ2n) is 7.06.